The largest absolute Gasteiger partial charge is 0.444 e. The van der Waals surface area contributed by atoms with Gasteiger partial charge < -0.3 is 14.4 Å². The molecule has 1 aliphatic rings. The van der Waals surface area contributed by atoms with Gasteiger partial charge in [0.2, 0.25) is 0 Å². The molecule has 22 heavy (non-hydrogen) atoms. The summed E-state index contributed by atoms with van der Waals surface area (Å²) >= 11 is 0. The highest BCUT2D eigenvalue weighted by Gasteiger charge is 2.32. The molecule has 1 atom stereocenters. The van der Waals surface area contributed by atoms with Crippen LogP contribution < -0.4 is 0 Å². The van der Waals surface area contributed by atoms with Gasteiger partial charge in [-0.05, 0) is 20.8 Å². The molecule has 1 unspecified atom stereocenters. The molecule has 0 spiro atoms. The maximum Gasteiger partial charge on any atom is 0.410 e. The van der Waals surface area contributed by atoms with Crippen molar-refractivity contribution in [2.45, 2.75) is 38.8 Å². The molecule has 0 aliphatic carbocycles. The van der Waals surface area contributed by atoms with Gasteiger partial charge in [0.1, 0.15) is 5.60 Å². The van der Waals surface area contributed by atoms with E-state index in [1.54, 1.807) is 22.8 Å². The fraction of sp³-hybridized carbons (Fsp3) is 0.667. The molecule has 0 bridgehead atoms. The third-order valence-corrected chi connectivity index (χ3v) is 3.30. The second-order valence-corrected chi connectivity index (χ2v) is 6.43. The molecular weight excluding hydrogens is 286 g/mol. The molecule has 2 rings (SSSR count). The number of ether oxygens (including phenoxy) is 2. The molecule has 1 aromatic rings. The molecule has 122 valence electrons. The van der Waals surface area contributed by atoms with Crippen molar-refractivity contribution < 1.29 is 19.1 Å². The van der Waals surface area contributed by atoms with E-state index >= 15 is 0 Å². The van der Waals surface area contributed by atoms with Crippen LogP contribution in [-0.2, 0) is 16.5 Å². The standard InChI is InChI=1S/C15H23N3O4/c1-15(2,3)22-14(20)18-5-6-21-10-12(18)7-13(19)11-8-16-17(4)9-11/h8-9,12H,5-7,10H2,1-4H3. The van der Waals surface area contributed by atoms with Gasteiger partial charge in [0, 0.05) is 26.2 Å². The molecule has 7 heteroatoms. The number of rotatable bonds is 3. The number of nitrogens with zero attached hydrogens (tertiary/aromatic N) is 3. The van der Waals surface area contributed by atoms with Crippen LogP contribution in [0.4, 0.5) is 4.79 Å². The van der Waals surface area contributed by atoms with Gasteiger partial charge >= 0.3 is 6.09 Å². The van der Waals surface area contributed by atoms with E-state index in [-0.39, 0.29) is 18.2 Å². The zero-order valence-corrected chi connectivity index (χ0v) is 13.5. The Bertz CT molecular complexity index is 547. The van der Waals surface area contributed by atoms with Crippen molar-refractivity contribution in [2.75, 3.05) is 19.8 Å². The van der Waals surface area contributed by atoms with Gasteiger partial charge in [0.05, 0.1) is 31.0 Å². The molecule has 2 heterocycles. The van der Waals surface area contributed by atoms with Crippen LogP contribution in [0.5, 0.6) is 0 Å². The average Bonchev–Trinajstić information content (AvgIpc) is 2.84. The van der Waals surface area contributed by atoms with Crippen molar-refractivity contribution in [2.24, 2.45) is 7.05 Å². The number of morpholine rings is 1. The van der Waals surface area contributed by atoms with Crippen LogP contribution in [0.3, 0.4) is 0 Å². The number of carbonyl (C=O) groups excluding carboxylic acids is 2. The second-order valence-electron chi connectivity index (χ2n) is 6.43. The monoisotopic (exact) mass is 309 g/mol. The number of carbonyl (C=O) groups is 2. The third kappa shape index (κ3) is 4.30. The topological polar surface area (TPSA) is 73.7 Å². The second kappa shape index (κ2) is 6.48. The lowest BCUT2D eigenvalue weighted by Gasteiger charge is -2.36. The quantitative estimate of drug-likeness (QED) is 0.793. The zero-order valence-electron chi connectivity index (χ0n) is 13.5. The van der Waals surface area contributed by atoms with E-state index < -0.39 is 11.7 Å². The normalized spacial score (nSPS) is 19.1. The molecule has 1 aliphatic heterocycles. The van der Waals surface area contributed by atoms with Gasteiger partial charge in [-0.25, -0.2) is 4.79 Å². The molecule has 0 N–H and O–H groups in total. The van der Waals surface area contributed by atoms with Crippen molar-refractivity contribution in [3.8, 4) is 0 Å². The Morgan fingerprint density at radius 2 is 2.18 bits per heavy atom. The Labute approximate surface area is 130 Å². The Morgan fingerprint density at radius 1 is 1.45 bits per heavy atom. The van der Waals surface area contributed by atoms with Gasteiger partial charge in [0.25, 0.3) is 0 Å². The summed E-state index contributed by atoms with van der Waals surface area (Å²) < 4.78 is 12.4. The Kier molecular flexibility index (Phi) is 4.85. The van der Waals surface area contributed by atoms with E-state index in [1.807, 2.05) is 20.8 Å². The summed E-state index contributed by atoms with van der Waals surface area (Å²) in [7, 11) is 1.76. The van der Waals surface area contributed by atoms with Crippen LogP contribution >= 0.6 is 0 Å². The first-order valence-corrected chi connectivity index (χ1v) is 7.35. The molecule has 1 fully saturated rings. The van der Waals surface area contributed by atoms with Crippen LogP contribution in [-0.4, -0.2) is 58.0 Å². The molecule has 1 saturated heterocycles. The number of hydrogen-bond acceptors (Lipinski definition) is 5. The van der Waals surface area contributed by atoms with Crippen LogP contribution in [0, 0.1) is 0 Å². The minimum atomic E-state index is -0.562. The SMILES string of the molecule is Cn1cc(C(=O)CC2COCCN2C(=O)OC(C)(C)C)cn1. The van der Waals surface area contributed by atoms with Crippen molar-refractivity contribution in [1.29, 1.82) is 0 Å². The fourth-order valence-corrected chi connectivity index (χ4v) is 2.28. The van der Waals surface area contributed by atoms with E-state index in [1.165, 1.54) is 6.20 Å². The summed E-state index contributed by atoms with van der Waals surface area (Å²) in [5.74, 6) is -0.0582. The number of Topliss-reactive ketones (excluding diaryl/α,β-unsaturated/α-hetero) is 1. The smallest absolute Gasteiger partial charge is 0.410 e. The first kappa shape index (κ1) is 16.5. The van der Waals surface area contributed by atoms with Crippen LogP contribution in [0.15, 0.2) is 12.4 Å². The van der Waals surface area contributed by atoms with E-state index in [0.29, 0.717) is 25.3 Å². The van der Waals surface area contributed by atoms with E-state index in [0.717, 1.165) is 0 Å². The van der Waals surface area contributed by atoms with Crippen LogP contribution in [0.25, 0.3) is 0 Å². The maximum absolute atomic E-state index is 12.3. The predicted octanol–water partition coefficient (Wildman–Crippen LogP) is 1.63. The van der Waals surface area contributed by atoms with Crippen molar-refractivity contribution in [3.05, 3.63) is 18.0 Å². The summed E-state index contributed by atoms with van der Waals surface area (Å²) in [6, 6.07) is -0.309. The fourth-order valence-electron chi connectivity index (χ4n) is 2.28. The lowest BCUT2D eigenvalue weighted by Crippen LogP contribution is -2.51. The van der Waals surface area contributed by atoms with Gasteiger partial charge in [0.15, 0.2) is 5.78 Å². The van der Waals surface area contributed by atoms with Crippen molar-refractivity contribution >= 4 is 11.9 Å². The molecule has 1 aromatic heterocycles. The minimum Gasteiger partial charge on any atom is -0.444 e. The highest BCUT2D eigenvalue weighted by molar-refractivity contribution is 5.96. The van der Waals surface area contributed by atoms with Crippen molar-refractivity contribution in [3.63, 3.8) is 0 Å². The minimum absolute atomic E-state index is 0.0582. The molecule has 0 saturated carbocycles. The third-order valence-electron chi connectivity index (χ3n) is 3.30. The first-order chi connectivity index (χ1) is 10.3. The predicted molar refractivity (Wildman–Crippen MR) is 79.7 cm³/mol. The number of amides is 1. The maximum atomic E-state index is 12.3. The zero-order chi connectivity index (χ0) is 16.3. The van der Waals surface area contributed by atoms with Gasteiger partial charge in [-0.1, -0.05) is 0 Å². The summed E-state index contributed by atoms with van der Waals surface area (Å²) in [5, 5.41) is 3.99. The van der Waals surface area contributed by atoms with Crippen LogP contribution in [0.1, 0.15) is 37.6 Å². The molecular formula is C15H23N3O4. The average molecular weight is 309 g/mol. The summed E-state index contributed by atoms with van der Waals surface area (Å²) in [5.41, 5.74) is -0.0231. The van der Waals surface area contributed by atoms with Crippen LogP contribution in [0.2, 0.25) is 0 Å². The van der Waals surface area contributed by atoms with E-state index in [4.69, 9.17) is 9.47 Å². The summed E-state index contributed by atoms with van der Waals surface area (Å²) in [4.78, 5) is 26.1. The number of aromatic nitrogens is 2. The molecule has 0 radical (unpaired) electrons. The molecule has 0 aromatic carbocycles. The Balaban J connectivity index is 2.03. The van der Waals surface area contributed by atoms with Gasteiger partial charge in [-0.3, -0.25) is 9.48 Å². The van der Waals surface area contributed by atoms with E-state index in [2.05, 4.69) is 5.10 Å². The lowest BCUT2D eigenvalue weighted by molar-refractivity contribution is -0.0322. The van der Waals surface area contributed by atoms with Gasteiger partial charge in [-0.15, -0.1) is 0 Å². The highest BCUT2D eigenvalue weighted by atomic mass is 16.6. The van der Waals surface area contributed by atoms with Crippen molar-refractivity contribution in [1.82, 2.24) is 14.7 Å². The van der Waals surface area contributed by atoms with Gasteiger partial charge in [-0.2, -0.15) is 5.10 Å². The summed E-state index contributed by atoms with van der Waals surface area (Å²) in [6.07, 6.45) is 3.00. The molecule has 7 nitrogen and oxygen atoms in total. The lowest BCUT2D eigenvalue weighted by atomic mass is 10.1. The first-order valence-electron chi connectivity index (χ1n) is 7.35. The number of aryl methyl sites for hydroxylation is 1. The highest BCUT2D eigenvalue weighted by Crippen LogP contribution is 2.18. The Hall–Kier alpha value is -1.89. The molecule has 1 amide bonds. The number of ketones is 1. The number of hydrogen-bond donors (Lipinski definition) is 0. The Morgan fingerprint density at radius 3 is 2.77 bits per heavy atom. The van der Waals surface area contributed by atoms with E-state index in [9.17, 15) is 9.59 Å². The summed E-state index contributed by atoms with van der Waals surface area (Å²) in [6.45, 7) is 6.69.